The number of fused-ring (bicyclic) bond motifs is 3. The van der Waals surface area contributed by atoms with Crippen molar-refractivity contribution in [2.24, 2.45) is 0 Å². The lowest BCUT2D eigenvalue weighted by atomic mass is 10.0. The second-order valence-electron chi connectivity index (χ2n) is 5.12. The fourth-order valence-corrected chi connectivity index (χ4v) is 2.94. The van der Waals surface area contributed by atoms with Gasteiger partial charge in [0.1, 0.15) is 6.26 Å². The van der Waals surface area contributed by atoms with Gasteiger partial charge in [-0.1, -0.05) is 18.2 Å². The summed E-state index contributed by atoms with van der Waals surface area (Å²) in [5.41, 5.74) is 4.26. The Morgan fingerprint density at radius 1 is 1.25 bits per heavy atom. The first-order chi connectivity index (χ1) is 9.83. The van der Waals surface area contributed by atoms with E-state index in [4.69, 9.17) is 4.42 Å². The Hall–Kier alpha value is -2.49. The zero-order valence-corrected chi connectivity index (χ0v) is 10.9. The highest BCUT2D eigenvalue weighted by molar-refractivity contribution is 5.94. The van der Waals surface area contributed by atoms with Crippen LogP contribution in [-0.4, -0.2) is 22.3 Å². The van der Waals surface area contributed by atoms with Crippen LogP contribution in [0, 0.1) is 0 Å². The number of hydrogen-bond acceptors (Lipinski definition) is 2. The van der Waals surface area contributed by atoms with Crippen molar-refractivity contribution in [2.45, 2.75) is 13.0 Å². The monoisotopic (exact) mass is 266 g/mol. The topological polar surface area (TPSA) is 49.2 Å². The number of hydrogen-bond donors (Lipinski definition) is 1. The van der Waals surface area contributed by atoms with Gasteiger partial charge in [-0.15, -0.1) is 0 Å². The first-order valence-corrected chi connectivity index (χ1v) is 6.73. The molecule has 100 valence electrons. The third-order valence-corrected chi connectivity index (χ3v) is 3.94. The molecule has 0 radical (unpaired) electrons. The molecule has 0 saturated heterocycles. The van der Waals surface area contributed by atoms with Gasteiger partial charge in [-0.05, 0) is 24.1 Å². The second-order valence-corrected chi connectivity index (χ2v) is 5.12. The minimum Gasteiger partial charge on any atom is -0.472 e. The van der Waals surface area contributed by atoms with Crippen LogP contribution in [0.3, 0.4) is 0 Å². The second kappa shape index (κ2) is 4.27. The number of H-pyrrole nitrogens is 1. The maximum Gasteiger partial charge on any atom is 0.257 e. The van der Waals surface area contributed by atoms with E-state index in [0.29, 0.717) is 12.1 Å². The zero-order chi connectivity index (χ0) is 13.5. The Balaban J connectivity index is 1.68. The van der Waals surface area contributed by atoms with Gasteiger partial charge in [0.05, 0.1) is 18.4 Å². The van der Waals surface area contributed by atoms with E-state index >= 15 is 0 Å². The number of para-hydroxylation sites is 1. The summed E-state index contributed by atoms with van der Waals surface area (Å²) in [7, 11) is 0. The number of rotatable bonds is 1. The maximum absolute atomic E-state index is 12.3. The SMILES string of the molecule is O=C(c1ccoc1)N1CCc2c([nH]c3ccccc23)C1. The van der Waals surface area contributed by atoms with E-state index in [2.05, 4.69) is 23.2 Å². The predicted molar refractivity (Wildman–Crippen MR) is 75.5 cm³/mol. The molecule has 0 saturated carbocycles. The van der Waals surface area contributed by atoms with Gasteiger partial charge in [-0.2, -0.15) is 0 Å². The Morgan fingerprint density at radius 3 is 3.00 bits per heavy atom. The van der Waals surface area contributed by atoms with Crippen LogP contribution in [-0.2, 0) is 13.0 Å². The molecule has 0 spiro atoms. The van der Waals surface area contributed by atoms with Crippen molar-refractivity contribution in [3.63, 3.8) is 0 Å². The summed E-state index contributed by atoms with van der Waals surface area (Å²) in [6, 6.07) is 10.0. The summed E-state index contributed by atoms with van der Waals surface area (Å²) in [6.45, 7) is 1.38. The highest BCUT2D eigenvalue weighted by Gasteiger charge is 2.24. The molecule has 1 N–H and O–H groups in total. The molecule has 0 atom stereocenters. The number of benzene rings is 1. The van der Waals surface area contributed by atoms with Crippen LogP contribution < -0.4 is 0 Å². The zero-order valence-electron chi connectivity index (χ0n) is 10.9. The number of nitrogens with one attached hydrogen (secondary N) is 1. The van der Waals surface area contributed by atoms with Crippen molar-refractivity contribution in [1.29, 1.82) is 0 Å². The van der Waals surface area contributed by atoms with Crippen molar-refractivity contribution >= 4 is 16.8 Å². The molecule has 4 rings (SSSR count). The molecule has 1 aliphatic rings. The molecule has 1 aromatic carbocycles. The van der Waals surface area contributed by atoms with Gasteiger partial charge in [0, 0.05) is 23.1 Å². The smallest absolute Gasteiger partial charge is 0.257 e. The lowest BCUT2D eigenvalue weighted by Crippen LogP contribution is -2.35. The third-order valence-electron chi connectivity index (χ3n) is 3.94. The fourth-order valence-electron chi connectivity index (χ4n) is 2.94. The Bertz CT molecular complexity index is 771. The number of aromatic amines is 1. The summed E-state index contributed by atoms with van der Waals surface area (Å²) >= 11 is 0. The van der Waals surface area contributed by atoms with Gasteiger partial charge in [-0.25, -0.2) is 0 Å². The summed E-state index contributed by atoms with van der Waals surface area (Å²) in [4.78, 5) is 17.6. The van der Waals surface area contributed by atoms with Crippen LogP contribution in [0.25, 0.3) is 10.9 Å². The predicted octanol–water partition coefficient (Wildman–Crippen LogP) is 2.96. The standard InChI is InChI=1S/C16H14N2O2/c19-16(11-6-8-20-10-11)18-7-5-13-12-3-1-2-4-14(12)17-15(13)9-18/h1-4,6,8,10,17H,5,7,9H2. The van der Waals surface area contributed by atoms with E-state index in [1.807, 2.05) is 11.0 Å². The molecular formula is C16H14N2O2. The molecule has 1 aliphatic heterocycles. The Morgan fingerprint density at radius 2 is 2.15 bits per heavy atom. The van der Waals surface area contributed by atoms with Crippen LogP contribution >= 0.6 is 0 Å². The van der Waals surface area contributed by atoms with Crippen LogP contribution in [0.15, 0.2) is 47.3 Å². The number of amides is 1. The Kier molecular flexibility index (Phi) is 2.42. The minimum atomic E-state index is 0.0306. The molecule has 3 aromatic rings. The lowest BCUT2D eigenvalue weighted by Gasteiger charge is -2.26. The number of nitrogens with zero attached hydrogens (tertiary/aromatic N) is 1. The van der Waals surface area contributed by atoms with Gasteiger partial charge in [0.2, 0.25) is 0 Å². The molecule has 0 bridgehead atoms. The first-order valence-electron chi connectivity index (χ1n) is 6.73. The third kappa shape index (κ3) is 1.65. The molecule has 3 heterocycles. The van der Waals surface area contributed by atoms with Crippen LogP contribution in [0.5, 0.6) is 0 Å². The molecule has 20 heavy (non-hydrogen) atoms. The van der Waals surface area contributed by atoms with E-state index in [1.54, 1.807) is 6.07 Å². The average Bonchev–Trinajstić information content (AvgIpc) is 3.13. The largest absolute Gasteiger partial charge is 0.472 e. The molecule has 0 fully saturated rings. The van der Waals surface area contributed by atoms with Gasteiger partial charge < -0.3 is 14.3 Å². The number of furan rings is 1. The van der Waals surface area contributed by atoms with Gasteiger partial charge in [0.25, 0.3) is 5.91 Å². The first kappa shape index (κ1) is 11.3. The van der Waals surface area contributed by atoms with Crippen molar-refractivity contribution < 1.29 is 9.21 Å². The molecule has 1 amide bonds. The van der Waals surface area contributed by atoms with E-state index < -0.39 is 0 Å². The van der Waals surface area contributed by atoms with E-state index in [1.165, 1.54) is 23.5 Å². The normalized spacial score (nSPS) is 14.5. The van der Waals surface area contributed by atoms with E-state index in [0.717, 1.165) is 24.2 Å². The summed E-state index contributed by atoms with van der Waals surface area (Å²) in [5.74, 6) is 0.0306. The lowest BCUT2D eigenvalue weighted by molar-refractivity contribution is 0.0732. The summed E-state index contributed by atoms with van der Waals surface area (Å²) in [5, 5.41) is 1.28. The number of carbonyl (C=O) groups is 1. The minimum absolute atomic E-state index is 0.0306. The van der Waals surface area contributed by atoms with Crippen molar-refractivity contribution in [2.75, 3.05) is 6.54 Å². The van der Waals surface area contributed by atoms with Crippen LogP contribution in [0.2, 0.25) is 0 Å². The summed E-state index contributed by atoms with van der Waals surface area (Å²) < 4.78 is 4.99. The number of aromatic nitrogens is 1. The van der Waals surface area contributed by atoms with Crippen LogP contribution in [0.4, 0.5) is 0 Å². The Labute approximate surface area is 116 Å². The van der Waals surface area contributed by atoms with Gasteiger partial charge >= 0.3 is 0 Å². The van der Waals surface area contributed by atoms with Crippen molar-refractivity contribution in [3.8, 4) is 0 Å². The molecule has 0 aliphatic carbocycles. The van der Waals surface area contributed by atoms with Crippen molar-refractivity contribution in [1.82, 2.24) is 9.88 Å². The molecule has 4 heteroatoms. The van der Waals surface area contributed by atoms with Crippen LogP contribution in [0.1, 0.15) is 21.6 Å². The van der Waals surface area contributed by atoms with E-state index in [9.17, 15) is 4.79 Å². The highest BCUT2D eigenvalue weighted by atomic mass is 16.3. The fraction of sp³-hybridized carbons (Fsp3) is 0.188. The number of carbonyl (C=O) groups excluding carboxylic acids is 1. The molecule has 0 unspecified atom stereocenters. The average molecular weight is 266 g/mol. The molecular weight excluding hydrogens is 252 g/mol. The molecule has 4 nitrogen and oxygen atoms in total. The van der Waals surface area contributed by atoms with E-state index in [-0.39, 0.29) is 5.91 Å². The maximum atomic E-state index is 12.3. The quantitative estimate of drug-likeness (QED) is 0.736. The van der Waals surface area contributed by atoms with Gasteiger partial charge in [0.15, 0.2) is 0 Å². The molecule has 2 aromatic heterocycles. The highest BCUT2D eigenvalue weighted by Crippen LogP contribution is 2.27. The van der Waals surface area contributed by atoms with Crippen molar-refractivity contribution in [3.05, 3.63) is 59.7 Å². The van der Waals surface area contributed by atoms with Gasteiger partial charge in [-0.3, -0.25) is 4.79 Å². The summed E-state index contributed by atoms with van der Waals surface area (Å²) in [6.07, 6.45) is 3.93.